The van der Waals surface area contributed by atoms with E-state index in [2.05, 4.69) is 24.4 Å². The Hall–Kier alpha value is -0.380. The second kappa shape index (κ2) is 4.01. The number of thiophene rings is 1. The van der Waals surface area contributed by atoms with Crippen LogP contribution in [0.25, 0.3) is 0 Å². The monoisotopic (exact) mass is 211 g/mol. The van der Waals surface area contributed by atoms with Crippen molar-refractivity contribution in [3.63, 3.8) is 0 Å². The zero-order valence-electron chi connectivity index (χ0n) is 8.53. The Balaban J connectivity index is 2.08. The Morgan fingerprint density at radius 2 is 2.43 bits per heavy atom. The van der Waals surface area contributed by atoms with Crippen molar-refractivity contribution in [1.82, 2.24) is 0 Å². The van der Waals surface area contributed by atoms with Crippen LogP contribution in [0.2, 0.25) is 0 Å². The van der Waals surface area contributed by atoms with Crippen molar-refractivity contribution in [2.75, 3.05) is 19.8 Å². The molecule has 1 aliphatic rings. The van der Waals surface area contributed by atoms with Gasteiger partial charge in [0.2, 0.25) is 0 Å². The third-order valence-electron chi connectivity index (χ3n) is 3.01. The number of hydrogen-bond donors (Lipinski definition) is 1. The molecule has 1 aliphatic heterocycles. The molecular formula is C11H17NOS. The van der Waals surface area contributed by atoms with Gasteiger partial charge in [0, 0.05) is 22.8 Å². The van der Waals surface area contributed by atoms with Crippen molar-refractivity contribution in [2.24, 2.45) is 11.7 Å². The van der Waals surface area contributed by atoms with Gasteiger partial charge in [0.05, 0.1) is 13.2 Å². The van der Waals surface area contributed by atoms with Crippen LogP contribution in [0.15, 0.2) is 17.5 Å². The maximum atomic E-state index is 5.89. The molecule has 3 heteroatoms. The molecule has 1 unspecified atom stereocenters. The first-order valence-electron chi connectivity index (χ1n) is 5.06. The predicted molar refractivity (Wildman–Crippen MR) is 59.7 cm³/mol. The molecule has 0 saturated carbocycles. The van der Waals surface area contributed by atoms with Gasteiger partial charge in [-0.3, -0.25) is 0 Å². The zero-order valence-corrected chi connectivity index (χ0v) is 9.35. The van der Waals surface area contributed by atoms with Gasteiger partial charge in [0.15, 0.2) is 0 Å². The summed E-state index contributed by atoms with van der Waals surface area (Å²) in [7, 11) is 0. The number of ether oxygens (including phenoxy) is 1. The van der Waals surface area contributed by atoms with E-state index in [0.29, 0.717) is 5.92 Å². The highest BCUT2D eigenvalue weighted by molar-refractivity contribution is 7.10. The molecule has 0 amide bonds. The lowest BCUT2D eigenvalue weighted by Crippen LogP contribution is -2.39. The van der Waals surface area contributed by atoms with Gasteiger partial charge in [-0.1, -0.05) is 13.0 Å². The van der Waals surface area contributed by atoms with E-state index in [0.717, 1.165) is 26.2 Å². The summed E-state index contributed by atoms with van der Waals surface area (Å²) in [5.41, 5.74) is 6.05. The van der Waals surface area contributed by atoms with E-state index < -0.39 is 0 Å². The van der Waals surface area contributed by atoms with Crippen molar-refractivity contribution in [3.05, 3.63) is 22.4 Å². The molecule has 0 bridgehead atoms. The van der Waals surface area contributed by atoms with Gasteiger partial charge in [-0.2, -0.15) is 0 Å². The molecule has 1 atom stereocenters. The lowest BCUT2D eigenvalue weighted by Gasteiger charge is -2.35. The second-order valence-corrected chi connectivity index (χ2v) is 5.30. The average Bonchev–Trinajstić information content (AvgIpc) is 2.64. The number of hydrogen-bond acceptors (Lipinski definition) is 3. The minimum Gasteiger partial charge on any atom is -0.381 e. The molecule has 78 valence electrons. The molecule has 14 heavy (non-hydrogen) atoms. The summed E-state index contributed by atoms with van der Waals surface area (Å²) in [6.07, 6.45) is 1.16. The van der Waals surface area contributed by atoms with E-state index in [1.807, 2.05) is 11.3 Å². The molecule has 2 nitrogen and oxygen atoms in total. The van der Waals surface area contributed by atoms with E-state index in [4.69, 9.17) is 10.5 Å². The van der Waals surface area contributed by atoms with E-state index in [-0.39, 0.29) is 5.41 Å². The average molecular weight is 211 g/mol. The Morgan fingerprint density at radius 1 is 1.64 bits per heavy atom. The fraction of sp³-hybridized carbons (Fsp3) is 0.636. The van der Waals surface area contributed by atoms with Gasteiger partial charge in [-0.15, -0.1) is 11.3 Å². The van der Waals surface area contributed by atoms with E-state index in [1.165, 1.54) is 4.88 Å². The minimum absolute atomic E-state index is 0.155. The highest BCUT2D eigenvalue weighted by Crippen LogP contribution is 2.35. The first-order valence-corrected chi connectivity index (χ1v) is 5.94. The van der Waals surface area contributed by atoms with Crippen LogP contribution >= 0.6 is 11.3 Å². The Bertz CT molecular complexity index is 281. The molecule has 2 heterocycles. The van der Waals surface area contributed by atoms with Gasteiger partial charge in [-0.25, -0.2) is 0 Å². The molecule has 0 spiro atoms. The third-order valence-corrected chi connectivity index (χ3v) is 4.19. The molecule has 2 rings (SSSR count). The normalized spacial score (nSPS) is 21.6. The van der Waals surface area contributed by atoms with Gasteiger partial charge in [-0.05, 0) is 17.9 Å². The summed E-state index contributed by atoms with van der Waals surface area (Å²) in [5.74, 6) is 0.714. The quantitative estimate of drug-likeness (QED) is 0.826. The molecule has 1 saturated heterocycles. The van der Waals surface area contributed by atoms with Crippen LogP contribution in [0.5, 0.6) is 0 Å². The van der Waals surface area contributed by atoms with Crippen LogP contribution in [0.4, 0.5) is 0 Å². The highest BCUT2D eigenvalue weighted by Gasteiger charge is 2.32. The molecule has 0 aliphatic carbocycles. The molecule has 0 aromatic carbocycles. The second-order valence-electron chi connectivity index (χ2n) is 4.35. The molecule has 1 fully saturated rings. The van der Waals surface area contributed by atoms with Crippen LogP contribution in [0.3, 0.4) is 0 Å². The summed E-state index contributed by atoms with van der Waals surface area (Å²) in [6.45, 7) is 4.82. The smallest absolute Gasteiger partial charge is 0.0516 e. The first-order chi connectivity index (χ1) is 6.74. The zero-order chi connectivity index (χ0) is 10.0. The number of rotatable bonds is 4. The SMILES string of the molecule is CC(CN)(CC1COC1)c1cccs1. The maximum Gasteiger partial charge on any atom is 0.0516 e. The van der Waals surface area contributed by atoms with E-state index in [9.17, 15) is 0 Å². The van der Waals surface area contributed by atoms with Crippen LogP contribution < -0.4 is 5.73 Å². The van der Waals surface area contributed by atoms with E-state index >= 15 is 0 Å². The Labute approximate surface area is 89.1 Å². The van der Waals surface area contributed by atoms with Crippen molar-refractivity contribution in [1.29, 1.82) is 0 Å². The molecule has 1 aromatic rings. The largest absolute Gasteiger partial charge is 0.381 e. The van der Waals surface area contributed by atoms with Gasteiger partial charge < -0.3 is 10.5 Å². The van der Waals surface area contributed by atoms with E-state index in [1.54, 1.807) is 0 Å². The lowest BCUT2D eigenvalue weighted by molar-refractivity contribution is -0.0439. The summed E-state index contributed by atoms with van der Waals surface area (Å²) in [5, 5.41) is 2.13. The lowest BCUT2D eigenvalue weighted by atomic mass is 9.79. The molecule has 2 N–H and O–H groups in total. The summed E-state index contributed by atoms with van der Waals surface area (Å²) in [4.78, 5) is 1.41. The summed E-state index contributed by atoms with van der Waals surface area (Å²) >= 11 is 1.81. The fourth-order valence-electron chi connectivity index (χ4n) is 1.95. The Kier molecular flexibility index (Phi) is 2.91. The highest BCUT2D eigenvalue weighted by atomic mass is 32.1. The van der Waals surface area contributed by atoms with Crippen molar-refractivity contribution < 1.29 is 4.74 Å². The van der Waals surface area contributed by atoms with Gasteiger partial charge in [0.25, 0.3) is 0 Å². The van der Waals surface area contributed by atoms with Crippen LogP contribution in [0, 0.1) is 5.92 Å². The van der Waals surface area contributed by atoms with Crippen molar-refractivity contribution >= 4 is 11.3 Å². The molecule has 0 radical (unpaired) electrons. The fourth-order valence-corrected chi connectivity index (χ4v) is 2.86. The molecular weight excluding hydrogens is 194 g/mol. The predicted octanol–water partition coefficient (Wildman–Crippen LogP) is 2.00. The summed E-state index contributed by atoms with van der Waals surface area (Å²) in [6, 6.07) is 4.29. The van der Waals surface area contributed by atoms with Crippen LogP contribution in [0.1, 0.15) is 18.2 Å². The van der Waals surface area contributed by atoms with Gasteiger partial charge >= 0.3 is 0 Å². The third kappa shape index (κ3) is 1.85. The van der Waals surface area contributed by atoms with Crippen molar-refractivity contribution in [2.45, 2.75) is 18.8 Å². The standard InChI is InChI=1S/C11H17NOS/c1-11(8-12,5-9-6-13-7-9)10-3-2-4-14-10/h2-4,9H,5-8,12H2,1H3. The minimum atomic E-state index is 0.155. The van der Waals surface area contributed by atoms with Crippen molar-refractivity contribution in [3.8, 4) is 0 Å². The maximum absolute atomic E-state index is 5.89. The molecule has 1 aromatic heterocycles. The summed E-state index contributed by atoms with van der Waals surface area (Å²) < 4.78 is 5.21. The van der Waals surface area contributed by atoms with Crippen LogP contribution in [-0.4, -0.2) is 19.8 Å². The topological polar surface area (TPSA) is 35.2 Å². The number of nitrogens with two attached hydrogens (primary N) is 1. The first kappa shape index (κ1) is 10.1. The Morgan fingerprint density at radius 3 is 2.86 bits per heavy atom. The van der Waals surface area contributed by atoms with Crippen LogP contribution in [-0.2, 0) is 10.2 Å². The van der Waals surface area contributed by atoms with Gasteiger partial charge in [0.1, 0.15) is 0 Å².